The van der Waals surface area contributed by atoms with E-state index in [9.17, 15) is 14.0 Å². The Morgan fingerprint density at radius 2 is 1.93 bits per heavy atom. The number of halogens is 2. The molecule has 1 aliphatic heterocycles. The first-order valence-electron chi connectivity index (χ1n) is 9.07. The van der Waals surface area contributed by atoms with Crippen molar-refractivity contribution in [2.45, 2.75) is 6.54 Å². The number of nitrogens with zero attached hydrogens (tertiary/aromatic N) is 6. The Hall–Kier alpha value is -3.20. The van der Waals surface area contributed by atoms with Crippen LogP contribution in [0.1, 0.15) is 0 Å². The summed E-state index contributed by atoms with van der Waals surface area (Å²) in [6.45, 7) is 2.01. The highest BCUT2D eigenvalue weighted by atomic mass is 35.5. The molecule has 1 aliphatic rings. The number of benzene rings is 1. The van der Waals surface area contributed by atoms with Gasteiger partial charge < -0.3 is 9.80 Å². The van der Waals surface area contributed by atoms with Gasteiger partial charge in [-0.25, -0.2) is 13.8 Å². The summed E-state index contributed by atoms with van der Waals surface area (Å²) in [6, 6.07) is 9.26. The molecule has 4 rings (SSSR count). The molecule has 1 amide bonds. The van der Waals surface area contributed by atoms with E-state index in [-0.39, 0.29) is 23.0 Å². The van der Waals surface area contributed by atoms with Gasteiger partial charge in [0.05, 0.1) is 5.02 Å². The van der Waals surface area contributed by atoms with Crippen LogP contribution < -0.4 is 10.5 Å². The molecular formula is C19H18ClFN6O2. The summed E-state index contributed by atoms with van der Waals surface area (Å²) in [7, 11) is 0. The second-order valence-electron chi connectivity index (χ2n) is 6.60. The molecule has 0 saturated carbocycles. The molecule has 0 bridgehead atoms. The van der Waals surface area contributed by atoms with E-state index in [4.69, 9.17) is 11.6 Å². The summed E-state index contributed by atoms with van der Waals surface area (Å²) in [4.78, 5) is 28.5. The van der Waals surface area contributed by atoms with Crippen LogP contribution in [0.15, 0.2) is 53.6 Å². The molecule has 0 radical (unpaired) electrons. The van der Waals surface area contributed by atoms with Crippen LogP contribution >= 0.6 is 11.6 Å². The maximum Gasteiger partial charge on any atom is 0.267 e. The van der Waals surface area contributed by atoms with Crippen molar-refractivity contribution in [1.29, 1.82) is 0 Å². The normalized spacial score (nSPS) is 14.3. The van der Waals surface area contributed by atoms with Gasteiger partial charge >= 0.3 is 0 Å². The molecule has 1 saturated heterocycles. The lowest BCUT2D eigenvalue weighted by molar-refractivity contribution is -0.132. The molecule has 3 heterocycles. The Morgan fingerprint density at radius 1 is 1.14 bits per heavy atom. The van der Waals surface area contributed by atoms with Crippen molar-refractivity contribution < 1.29 is 9.18 Å². The first kappa shape index (κ1) is 19.1. The molecule has 0 N–H and O–H groups in total. The third-order valence-corrected chi connectivity index (χ3v) is 5.07. The zero-order chi connectivity index (χ0) is 20.4. The highest BCUT2D eigenvalue weighted by Gasteiger charge is 2.22. The van der Waals surface area contributed by atoms with Gasteiger partial charge in [-0.15, -0.1) is 5.10 Å². The maximum atomic E-state index is 13.3. The van der Waals surface area contributed by atoms with Crippen molar-refractivity contribution in [2.75, 3.05) is 31.1 Å². The molecule has 29 heavy (non-hydrogen) atoms. The van der Waals surface area contributed by atoms with Gasteiger partial charge in [0.25, 0.3) is 5.56 Å². The third kappa shape index (κ3) is 4.14. The molecule has 150 valence electrons. The number of rotatable bonds is 4. The van der Waals surface area contributed by atoms with E-state index in [1.54, 1.807) is 41.6 Å². The van der Waals surface area contributed by atoms with E-state index in [0.29, 0.717) is 32.0 Å². The molecular weight excluding hydrogens is 399 g/mol. The van der Waals surface area contributed by atoms with Gasteiger partial charge in [0, 0.05) is 50.3 Å². The van der Waals surface area contributed by atoms with Gasteiger partial charge in [0.15, 0.2) is 5.82 Å². The number of piperazine rings is 1. The predicted octanol–water partition coefficient (Wildman–Crippen LogP) is 1.57. The van der Waals surface area contributed by atoms with Crippen molar-refractivity contribution in [1.82, 2.24) is 24.5 Å². The summed E-state index contributed by atoms with van der Waals surface area (Å²) in [5.41, 5.74) is 0.460. The van der Waals surface area contributed by atoms with Crippen LogP contribution in [0.4, 0.5) is 10.1 Å². The van der Waals surface area contributed by atoms with Crippen LogP contribution in [-0.2, 0) is 11.3 Å². The van der Waals surface area contributed by atoms with Crippen molar-refractivity contribution in [2.24, 2.45) is 0 Å². The first-order chi connectivity index (χ1) is 14.0. The highest BCUT2D eigenvalue weighted by Crippen LogP contribution is 2.23. The Bertz CT molecular complexity index is 1080. The predicted molar refractivity (Wildman–Crippen MR) is 106 cm³/mol. The van der Waals surface area contributed by atoms with Gasteiger partial charge in [-0.3, -0.25) is 9.59 Å². The fourth-order valence-corrected chi connectivity index (χ4v) is 3.38. The average Bonchev–Trinajstić information content (AvgIpc) is 3.27. The molecule has 0 spiro atoms. The number of aromatic nitrogens is 4. The van der Waals surface area contributed by atoms with Crippen molar-refractivity contribution >= 4 is 23.2 Å². The lowest BCUT2D eigenvalue weighted by Gasteiger charge is -2.36. The molecule has 1 fully saturated rings. The van der Waals surface area contributed by atoms with Gasteiger partial charge in [-0.05, 0) is 30.3 Å². The molecule has 0 atom stereocenters. The van der Waals surface area contributed by atoms with Crippen LogP contribution in [0.5, 0.6) is 0 Å². The largest absolute Gasteiger partial charge is 0.368 e. The maximum absolute atomic E-state index is 13.3. The zero-order valence-electron chi connectivity index (χ0n) is 15.4. The number of anilines is 1. The molecule has 3 aromatic rings. The van der Waals surface area contributed by atoms with Crippen molar-refractivity contribution in [3.63, 3.8) is 0 Å². The van der Waals surface area contributed by atoms with E-state index < -0.39 is 5.82 Å². The molecule has 10 heteroatoms. The van der Waals surface area contributed by atoms with E-state index in [1.165, 1.54) is 16.8 Å². The van der Waals surface area contributed by atoms with E-state index in [1.807, 2.05) is 4.90 Å². The SMILES string of the molecule is O=C(Cn1nc(-n2cccn2)ccc1=O)N1CCN(c2ccc(F)c(Cl)c2)CC1. The Morgan fingerprint density at radius 3 is 2.62 bits per heavy atom. The monoisotopic (exact) mass is 416 g/mol. The van der Waals surface area contributed by atoms with E-state index >= 15 is 0 Å². The molecule has 1 aromatic carbocycles. The topological polar surface area (TPSA) is 76.3 Å². The second kappa shape index (κ2) is 8.04. The fraction of sp³-hybridized carbons (Fsp3) is 0.263. The smallest absolute Gasteiger partial charge is 0.267 e. The Kier molecular flexibility index (Phi) is 5.30. The number of carbonyl (C=O) groups excluding carboxylic acids is 1. The van der Waals surface area contributed by atoms with Gasteiger partial charge in [-0.1, -0.05) is 11.6 Å². The van der Waals surface area contributed by atoms with E-state index in [2.05, 4.69) is 10.2 Å². The summed E-state index contributed by atoms with van der Waals surface area (Å²) >= 11 is 5.86. The van der Waals surface area contributed by atoms with Crippen LogP contribution in [0.2, 0.25) is 5.02 Å². The zero-order valence-corrected chi connectivity index (χ0v) is 16.2. The van der Waals surface area contributed by atoms with Crippen LogP contribution in [0.25, 0.3) is 5.82 Å². The summed E-state index contributed by atoms with van der Waals surface area (Å²) in [5, 5.41) is 8.38. The highest BCUT2D eigenvalue weighted by molar-refractivity contribution is 6.31. The quantitative estimate of drug-likeness (QED) is 0.645. The first-order valence-corrected chi connectivity index (χ1v) is 9.45. The van der Waals surface area contributed by atoms with Crippen molar-refractivity contribution in [3.8, 4) is 5.82 Å². The minimum atomic E-state index is -0.459. The number of carbonyl (C=O) groups is 1. The minimum Gasteiger partial charge on any atom is -0.368 e. The molecule has 0 unspecified atom stereocenters. The Labute approximate surface area is 170 Å². The van der Waals surface area contributed by atoms with Crippen molar-refractivity contribution in [3.05, 3.63) is 70.0 Å². The summed E-state index contributed by atoms with van der Waals surface area (Å²) < 4.78 is 16.0. The standard InChI is InChI=1S/C19H18ClFN6O2/c20-15-12-14(2-3-16(15)21)24-8-10-25(11-9-24)19(29)13-27-18(28)5-4-17(23-27)26-7-1-6-22-26/h1-7,12H,8-11,13H2. The average molecular weight is 417 g/mol. The second-order valence-corrected chi connectivity index (χ2v) is 7.01. The van der Waals surface area contributed by atoms with Gasteiger partial charge in [0.2, 0.25) is 5.91 Å². The van der Waals surface area contributed by atoms with Crippen LogP contribution in [-0.4, -0.2) is 56.5 Å². The Balaban J connectivity index is 1.41. The third-order valence-electron chi connectivity index (χ3n) is 4.78. The number of amides is 1. The molecule has 8 nitrogen and oxygen atoms in total. The van der Waals surface area contributed by atoms with Gasteiger partial charge in [-0.2, -0.15) is 5.10 Å². The fourth-order valence-electron chi connectivity index (χ4n) is 3.20. The lowest BCUT2D eigenvalue weighted by Crippen LogP contribution is -2.50. The number of hydrogen-bond donors (Lipinski definition) is 0. The molecule has 0 aliphatic carbocycles. The molecule has 2 aromatic heterocycles. The van der Waals surface area contributed by atoms with E-state index in [0.717, 1.165) is 10.4 Å². The number of hydrogen-bond acceptors (Lipinski definition) is 5. The summed E-state index contributed by atoms with van der Waals surface area (Å²) in [5.74, 6) is -0.186. The van der Waals surface area contributed by atoms with Crippen LogP contribution in [0.3, 0.4) is 0 Å². The lowest BCUT2D eigenvalue weighted by atomic mass is 10.2. The van der Waals surface area contributed by atoms with Gasteiger partial charge in [0.1, 0.15) is 12.4 Å². The van der Waals surface area contributed by atoms with Crippen LogP contribution in [0, 0.1) is 5.82 Å². The summed E-state index contributed by atoms with van der Waals surface area (Å²) in [6.07, 6.45) is 3.32. The minimum absolute atomic E-state index is 0.0727.